The first-order valence-corrected chi connectivity index (χ1v) is 13.0. The predicted octanol–water partition coefficient (Wildman–Crippen LogP) is 3.42. The van der Waals surface area contributed by atoms with E-state index in [-0.39, 0.29) is 40.8 Å². The number of sulfonamides is 1. The molecule has 0 radical (unpaired) electrons. The van der Waals surface area contributed by atoms with Gasteiger partial charge in [-0.1, -0.05) is 25.7 Å². The molecule has 2 bridgehead atoms. The third kappa shape index (κ3) is 4.95. The molecule has 2 amide bonds. The summed E-state index contributed by atoms with van der Waals surface area (Å²) in [7, 11) is -3.63. The van der Waals surface area contributed by atoms with E-state index < -0.39 is 10.0 Å². The summed E-state index contributed by atoms with van der Waals surface area (Å²) in [5.41, 5.74) is 0.579. The quantitative estimate of drug-likeness (QED) is 0.723. The number of hydrogen-bond acceptors (Lipinski definition) is 4. The second kappa shape index (κ2) is 9.28. The number of benzene rings is 1. The molecule has 1 saturated carbocycles. The van der Waals surface area contributed by atoms with Crippen molar-refractivity contribution in [3.05, 3.63) is 24.3 Å². The summed E-state index contributed by atoms with van der Waals surface area (Å²) in [6.45, 7) is 1.42. The van der Waals surface area contributed by atoms with E-state index in [9.17, 15) is 18.0 Å². The SMILES string of the molecule is CC(=O)Nc1ccc(S(=O)(=O)N2[C@@H]3CCC[C@@H]2CC(NC(=O)C2CCCCC2)C3)cc1. The molecule has 2 heterocycles. The van der Waals surface area contributed by atoms with Gasteiger partial charge < -0.3 is 10.6 Å². The normalized spacial score (nSPS) is 27.5. The van der Waals surface area contributed by atoms with Crippen molar-refractivity contribution in [1.82, 2.24) is 9.62 Å². The van der Waals surface area contributed by atoms with Crippen molar-refractivity contribution in [3.63, 3.8) is 0 Å². The fourth-order valence-corrected chi connectivity index (χ4v) is 7.46. The molecule has 1 aromatic carbocycles. The van der Waals surface area contributed by atoms with Gasteiger partial charge in [0.05, 0.1) is 4.90 Å². The Bertz CT molecular complexity index is 895. The molecule has 0 unspecified atom stereocenters. The molecule has 2 N–H and O–H groups in total. The van der Waals surface area contributed by atoms with Crippen LogP contribution in [0.4, 0.5) is 5.69 Å². The lowest BCUT2D eigenvalue weighted by Gasteiger charge is -2.48. The van der Waals surface area contributed by atoms with E-state index in [0.29, 0.717) is 18.5 Å². The van der Waals surface area contributed by atoms with Gasteiger partial charge in [-0.05, 0) is 62.8 Å². The van der Waals surface area contributed by atoms with Gasteiger partial charge >= 0.3 is 0 Å². The van der Waals surface area contributed by atoms with Crippen LogP contribution in [0.5, 0.6) is 0 Å². The van der Waals surface area contributed by atoms with E-state index in [4.69, 9.17) is 0 Å². The van der Waals surface area contributed by atoms with E-state index >= 15 is 0 Å². The van der Waals surface area contributed by atoms with Crippen LogP contribution in [0.25, 0.3) is 0 Å². The van der Waals surface area contributed by atoms with Crippen LogP contribution >= 0.6 is 0 Å². The van der Waals surface area contributed by atoms with Crippen LogP contribution in [0.2, 0.25) is 0 Å². The molecule has 2 saturated heterocycles. The number of nitrogens with zero attached hydrogens (tertiary/aromatic N) is 1. The summed E-state index contributed by atoms with van der Waals surface area (Å²) in [5.74, 6) is 0.0904. The second-order valence-corrected chi connectivity index (χ2v) is 11.1. The van der Waals surface area contributed by atoms with Gasteiger partial charge in [0, 0.05) is 36.7 Å². The van der Waals surface area contributed by atoms with Crippen LogP contribution in [0.1, 0.15) is 71.1 Å². The van der Waals surface area contributed by atoms with Crippen LogP contribution < -0.4 is 10.6 Å². The lowest BCUT2D eigenvalue weighted by Crippen LogP contribution is -2.59. The predicted molar refractivity (Wildman–Crippen MR) is 119 cm³/mol. The first-order chi connectivity index (χ1) is 14.8. The summed E-state index contributed by atoms with van der Waals surface area (Å²) in [6.07, 6.45) is 9.45. The zero-order valence-electron chi connectivity index (χ0n) is 18.2. The second-order valence-electron chi connectivity index (χ2n) is 9.29. The summed E-state index contributed by atoms with van der Waals surface area (Å²) in [4.78, 5) is 24.2. The van der Waals surface area contributed by atoms with Crippen molar-refractivity contribution in [2.75, 3.05) is 5.32 Å². The fourth-order valence-electron chi connectivity index (χ4n) is 5.57. The van der Waals surface area contributed by atoms with Gasteiger partial charge in [-0.3, -0.25) is 9.59 Å². The molecule has 1 aliphatic carbocycles. The highest BCUT2D eigenvalue weighted by molar-refractivity contribution is 7.89. The average Bonchev–Trinajstić information content (AvgIpc) is 2.73. The van der Waals surface area contributed by atoms with Gasteiger partial charge in [-0.25, -0.2) is 8.42 Å². The Balaban J connectivity index is 1.46. The number of hydrogen-bond donors (Lipinski definition) is 2. The Kier molecular flexibility index (Phi) is 6.67. The lowest BCUT2D eigenvalue weighted by atomic mass is 9.83. The third-order valence-corrected chi connectivity index (χ3v) is 9.00. The molecule has 4 rings (SSSR count). The highest BCUT2D eigenvalue weighted by atomic mass is 32.2. The minimum Gasteiger partial charge on any atom is -0.353 e. The molecule has 0 spiro atoms. The zero-order chi connectivity index (χ0) is 22.0. The van der Waals surface area contributed by atoms with Gasteiger partial charge in [0.25, 0.3) is 0 Å². The van der Waals surface area contributed by atoms with Crippen LogP contribution in [0.15, 0.2) is 29.2 Å². The first-order valence-electron chi connectivity index (χ1n) is 11.6. The molecule has 1 aromatic rings. The van der Waals surface area contributed by atoms with Crippen molar-refractivity contribution >= 4 is 27.5 Å². The number of carbonyl (C=O) groups is 2. The molecule has 0 aromatic heterocycles. The molecule has 3 fully saturated rings. The summed E-state index contributed by atoms with van der Waals surface area (Å²) < 4.78 is 28.6. The van der Waals surface area contributed by atoms with Crippen molar-refractivity contribution in [3.8, 4) is 0 Å². The fraction of sp³-hybridized carbons (Fsp3) is 0.652. The summed E-state index contributed by atoms with van der Waals surface area (Å²) in [5, 5.41) is 5.92. The van der Waals surface area contributed by atoms with Crippen LogP contribution in [0.3, 0.4) is 0 Å². The molecule has 8 heteroatoms. The number of fused-ring (bicyclic) bond motifs is 2. The smallest absolute Gasteiger partial charge is 0.243 e. The molecule has 170 valence electrons. The number of anilines is 1. The number of amides is 2. The highest BCUT2D eigenvalue weighted by Crippen LogP contribution is 2.38. The monoisotopic (exact) mass is 447 g/mol. The van der Waals surface area contributed by atoms with Crippen molar-refractivity contribution in [1.29, 1.82) is 0 Å². The Labute approximate surface area is 185 Å². The minimum atomic E-state index is -3.63. The van der Waals surface area contributed by atoms with Gasteiger partial charge in [-0.2, -0.15) is 4.31 Å². The highest BCUT2D eigenvalue weighted by Gasteiger charge is 2.45. The molecule has 2 atom stereocenters. The van der Waals surface area contributed by atoms with E-state index in [2.05, 4.69) is 10.6 Å². The lowest BCUT2D eigenvalue weighted by molar-refractivity contribution is -0.127. The van der Waals surface area contributed by atoms with Gasteiger partial charge in [0.2, 0.25) is 21.8 Å². The van der Waals surface area contributed by atoms with Crippen LogP contribution in [-0.4, -0.2) is 42.7 Å². The number of nitrogens with one attached hydrogen (secondary N) is 2. The van der Waals surface area contributed by atoms with Crippen molar-refractivity contribution in [2.24, 2.45) is 5.92 Å². The molecule has 3 aliphatic rings. The zero-order valence-corrected chi connectivity index (χ0v) is 19.0. The van der Waals surface area contributed by atoms with Gasteiger partial charge in [0.1, 0.15) is 0 Å². The average molecular weight is 448 g/mol. The topological polar surface area (TPSA) is 95.6 Å². The molecule has 31 heavy (non-hydrogen) atoms. The standard InChI is InChI=1S/C23H33N3O4S/c1-16(27)24-18-10-12-22(13-11-18)31(29,30)26-20-8-5-9-21(26)15-19(14-20)25-23(28)17-6-3-2-4-7-17/h10-13,17,19-21H,2-9,14-15H2,1H3,(H,24,27)(H,25,28)/t20-,21-/m1/s1. The van der Waals surface area contributed by atoms with Crippen LogP contribution in [0, 0.1) is 5.92 Å². The Hall–Kier alpha value is -1.93. The summed E-state index contributed by atoms with van der Waals surface area (Å²) in [6, 6.07) is 6.27. The number of carbonyl (C=O) groups excluding carboxylic acids is 2. The van der Waals surface area contributed by atoms with E-state index in [0.717, 1.165) is 44.9 Å². The largest absolute Gasteiger partial charge is 0.353 e. The summed E-state index contributed by atoms with van der Waals surface area (Å²) >= 11 is 0. The van der Waals surface area contributed by atoms with Gasteiger partial charge in [0.15, 0.2) is 0 Å². The Morgan fingerprint density at radius 1 is 0.903 bits per heavy atom. The molecule has 2 aliphatic heterocycles. The number of piperidine rings is 2. The maximum atomic E-state index is 13.5. The first kappa shape index (κ1) is 22.3. The molecule has 7 nitrogen and oxygen atoms in total. The maximum absolute atomic E-state index is 13.5. The van der Waals surface area contributed by atoms with Crippen molar-refractivity contribution < 1.29 is 18.0 Å². The minimum absolute atomic E-state index is 0.0540. The third-order valence-electron chi connectivity index (χ3n) is 6.98. The number of rotatable bonds is 5. The van der Waals surface area contributed by atoms with E-state index in [1.807, 2.05) is 0 Å². The molecular weight excluding hydrogens is 414 g/mol. The van der Waals surface area contributed by atoms with E-state index in [1.165, 1.54) is 13.3 Å². The Morgan fingerprint density at radius 3 is 2.10 bits per heavy atom. The maximum Gasteiger partial charge on any atom is 0.243 e. The van der Waals surface area contributed by atoms with Crippen LogP contribution in [-0.2, 0) is 19.6 Å². The Morgan fingerprint density at radius 2 is 1.52 bits per heavy atom. The van der Waals surface area contributed by atoms with E-state index in [1.54, 1.807) is 28.6 Å². The van der Waals surface area contributed by atoms with Gasteiger partial charge in [-0.15, -0.1) is 0 Å². The molecular formula is C23H33N3O4S. The van der Waals surface area contributed by atoms with Crippen molar-refractivity contribution in [2.45, 2.75) is 94.2 Å².